The molecule has 12 heavy (non-hydrogen) atoms. The molecule has 70 valence electrons. The Kier molecular flexibility index (Phi) is 3.73. The molecule has 2 heteroatoms. The third-order valence-electron chi connectivity index (χ3n) is 2.20. The second-order valence-corrected chi connectivity index (χ2v) is 3.82. The van der Waals surface area contributed by atoms with Gasteiger partial charge in [0.25, 0.3) is 0 Å². The smallest absolute Gasteiger partial charge is 0.132 e. The standard InChI is InChI=1S/C10H18O2/c1-8(11)7-9(2)12-6-5-10-3-4-10/h9-10H,3-7H2,1-2H3. The fraction of sp³-hybridized carbons (Fsp3) is 0.900. The second kappa shape index (κ2) is 4.61. The Labute approximate surface area is 74.3 Å². The molecule has 1 atom stereocenters. The number of rotatable bonds is 6. The van der Waals surface area contributed by atoms with Gasteiger partial charge in [0.15, 0.2) is 0 Å². The summed E-state index contributed by atoms with van der Waals surface area (Å²) in [6, 6.07) is 0. The molecule has 0 aromatic carbocycles. The van der Waals surface area contributed by atoms with Crippen LogP contribution in [0.4, 0.5) is 0 Å². The average molecular weight is 170 g/mol. The maximum atomic E-state index is 10.7. The van der Waals surface area contributed by atoms with Gasteiger partial charge in [0.1, 0.15) is 5.78 Å². The van der Waals surface area contributed by atoms with Crippen LogP contribution in [0, 0.1) is 5.92 Å². The molecular formula is C10H18O2. The van der Waals surface area contributed by atoms with Gasteiger partial charge in [-0.05, 0) is 26.2 Å². The molecule has 1 saturated carbocycles. The molecule has 0 aliphatic heterocycles. The van der Waals surface area contributed by atoms with Crippen LogP contribution in [0.25, 0.3) is 0 Å². The lowest BCUT2D eigenvalue weighted by molar-refractivity contribution is -0.119. The fourth-order valence-electron chi connectivity index (χ4n) is 1.31. The number of hydrogen-bond acceptors (Lipinski definition) is 2. The molecule has 1 aliphatic carbocycles. The van der Waals surface area contributed by atoms with Crippen LogP contribution in [0.15, 0.2) is 0 Å². The maximum Gasteiger partial charge on any atom is 0.132 e. The van der Waals surface area contributed by atoms with Crippen molar-refractivity contribution in [3.63, 3.8) is 0 Å². The summed E-state index contributed by atoms with van der Waals surface area (Å²) in [6.45, 7) is 4.41. The molecule has 0 spiro atoms. The largest absolute Gasteiger partial charge is 0.378 e. The van der Waals surface area contributed by atoms with Gasteiger partial charge in [-0.3, -0.25) is 4.79 Å². The van der Waals surface area contributed by atoms with E-state index in [1.807, 2.05) is 6.92 Å². The molecule has 0 bridgehead atoms. The van der Waals surface area contributed by atoms with Gasteiger partial charge in [0, 0.05) is 13.0 Å². The fourth-order valence-corrected chi connectivity index (χ4v) is 1.31. The number of hydrogen-bond donors (Lipinski definition) is 0. The van der Waals surface area contributed by atoms with Gasteiger partial charge in [-0.2, -0.15) is 0 Å². The van der Waals surface area contributed by atoms with Gasteiger partial charge in [0.05, 0.1) is 6.10 Å². The lowest BCUT2D eigenvalue weighted by atomic mass is 10.2. The molecule has 1 unspecified atom stereocenters. The lowest BCUT2D eigenvalue weighted by Gasteiger charge is -2.10. The highest BCUT2D eigenvalue weighted by Gasteiger charge is 2.20. The Balaban J connectivity index is 1.93. The number of ether oxygens (including phenoxy) is 1. The van der Waals surface area contributed by atoms with Crippen LogP contribution in [-0.2, 0) is 9.53 Å². The number of Topliss-reactive ketones (excluding diaryl/α,β-unsaturated/α-hetero) is 1. The Morgan fingerprint density at radius 3 is 2.75 bits per heavy atom. The minimum Gasteiger partial charge on any atom is -0.378 e. The van der Waals surface area contributed by atoms with E-state index in [0.29, 0.717) is 6.42 Å². The molecular weight excluding hydrogens is 152 g/mol. The summed E-state index contributed by atoms with van der Waals surface area (Å²) in [4.78, 5) is 10.7. The summed E-state index contributed by atoms with van der Waals surface area (Å²) in [5.41, 5.74) is 0. The van der Waals surface area contributed by atoms with Gasteiger partial charge >= 0.3 is 0 Å². The minimum absolute atomic E-state index is 0.112. The molecule has 0 saturated heterocycles. The first-order valence-electron chi connectivity index (χ1n) is 4.79. The highest BCUT2D eigenvalue weighted by molar-refractivity contribution is 5.75. The molecule has 0 amide bonds. The number of carbonyl (C=O) groups is 1. The van der Waals surface area contributed by atoms with Gasteiger partial charge in [-0.1, -0.05) is 12.8 Å². The Hall–Kier alpha value is -0.370. The molecule has 0 radical (unpaired) electrons. The quantitative estimate of drug-likeness (QED) is 0.610. The first kappa shape index (κ1) is 9.72. The monoisotopic (exact) mass is 170 g/mol. The number of ketones is 1. The zero-order valence-corrected chi connectivity index (χ0v) is 8.01. The summed E-state index contributed by atoms with van der Waals surface area (Å²) < 4.78 is 5.48. The van der Waals surface area contributed by atoms with Crippen LogP contribution in [0.2, 0.25) is 0 Å². The van der Waals surface area contributed by atoms with E-state index in [0.717, 1.165) is 12.5 Å². The van der Waals surface area contributed by atoms with Crippen molar-refractivity contribution in [3.05, 3.63) is 0 Å². The normalized spacial score (nSPS) is 19.2. The molecule has 1 aliphatic rings. The SMILES string of the molecule is CC(=O)CC(C)OCCC1CC1. The van der Waals surface area contributed by atoms with Gasteiger partial charge in [-0.15, -0.1) is 0 Å². The summed E-state index contributed by atoms with van der Waals surface area (Å²) in [6.07, 6.45) is 4.61. The molecule has 1 fully saturated rings. The Bertz CT molecular complexity index is 150. The van der Waals surface area contributed by atoms with Crippen LogP contribution in [0.5, 0.6) is 0 Å². The maximum absolute atomic E-state index is 10.7. The van der Waals surface area contributed by atoms with Crippen molar-refractivity contribution >= 4 is 5.78 Å². The molecule has 0 aromatic rings. The average Bonchev–Trinajstić information content (AvgIpc) is 2.69. The third-order valence-corrected chi connectivity index (χ3v) is 2.20. The zero-order valence-electron chi connectivity index (χ0n) is 8.01. The molecule has 0 aromatic heterocycles. The highest BCUT2D eigenvalue weighted by atomic mass is 16.5. The van der Waals surface area contributed by atoms with E-state index >= 15 is 0 Å². The molecule has 1 rings (SSSR count). The van der Waals surface area contributed by atoms with Crippen LogP contribution >= 0.6 is 0 Å². The van der Waals surface area contributed by atoms with Crippen molar-refractivity contribution in [2.45, 2.75) is 45.6 Å². The number of carbonyl (C=O) groups excluding carboxylic acids is 1. The summed E-state index contributed by atoms with van der Waals surface area (Å²) in [7, 11) is 0. The summed E-state index contributed by atoms with van der Waals surface area (Å²) in [5.74, 6) is 1.14. The highest BCUT2D eigenvalue weighted by Crippen LogP contribution is 2.32. The topological polar surface area (TPSA) is 26.3 Å². The zero-order chi connectivity index (χ0) is 8.97. The first-order valence-corrected chi connectivity index (χ1v) is 4.79. The van der Waals surface area contributed by atoms with Crippen molar-refractivity contribution in [1.82, 2.24) is 0 Å². The van der Waals surface area contributed by atoms with Crippen molar-refractivity contribution in [2.75, 3.05) is 6.61 Å². The predicted octanol–water partition coefficient (Wildman–Crippen LogP) is 2.17. The van der Waals surface area contributed by atoms with Gasteiger partial charge in [-0.25, -0.2) is 0 Å². The molecule has 0 heterocycles. The van der Waals surface area contributed by atoms with E-state index in [1.165, 1.54) is 19.3 Å². The van der Waals surface area contributed by atoms with E-state index < -0.39 is 0 Å². The van der Waals surface area contributed by atoms with Crippen molar-refractivity contribution < 1.29 is 9.53 Å². The summed E-state index contributed by atoms with van der Waals surface area (Å²) >= 11 is 0. The van der Waals surface area contributed by atoms with Crippen LogP contribution in [0.1, 0.15) is 39.5 Å². The van der Waals surface area contributed by atoms with Crippen LogP contribution in [0.3, 0.4) is 0 Å². The first-order chi connectivity index (χ1) is 5.68. The third kappa shape index (κ3) is 4.50. The molecule has 0 N–H and O–H groups in total. The Morgan fingerprint density at radius 2 is 2.25 bits per heavy atom. The van der Waals surface area contributed by atoms with Gasteiger partial charge in [0.2, 0.25) is 0 Å². The van der Waals surface area contributed by atoms with Crippen LogP contribution in [-0.4, -0.2) is 18.5 Å². The molecule has 2 nitrogen and oxygen atoms in total. The van der Waals surface area contributed by atoms with E-state index in [2.05, 4.69) is 0 Å². The van der Waals surface area contributed by atoms with Crippen molar-refractivity contribution in [2.24, 2.45) is 5.92 Å². The van der Waals surface area contributed by atoms with E-state index in [9.17, 15) is 4.79 Å². The van der Waals surface area contributed by atoms with E-state index in [4.69, 9.17) is 4.74 Å². The van der Waals surface area contributed by atoms with E-state index in [1.54, 1.807) is 6.92 Å². The summed E-state index contributed by atoms with van der Waals surface area (Å²) in [5, 5.41) is 0. The van der Waals surface area contributed by atoms with Crippen LogP contribution < -0.4 is 0 Å². The van der Waals surface area contributed by atoms with Crippen molar-refractivity contribution in [3.8, 4) is 0 Å². The van der Waals surface area contributed by atoms with Crippen molar-refractivity contribution in [1.29, 1.82) is 0 Å². The minimum atomic E-state index is 0.112. The predicted molar refractivity (Wildman–Crippen MR) is 48.1 cm³/mol. The lowest BCUT2D eigenvalue weighted by Crippen LogP contribution is -2.13. The Morgan fingerprint density at radius 1 is 1.58 bits per heavy atom. The second-order valence-electron chi connectivity index (χ2n) is 3.82. The van der Waals surface area contributed by atoms with E-state index in [-0.39, 0.29) is 11.9 Å². The van der Waals surface area contributed by atoms with Gasteiger partial charge < -0.3 is 4.74 Å².